The number of urea groups is 1. The standard InChI is InChI=1S/C23H20BrN3O/c24-19-13-11-18(12-14-19)22-26(20-9-5-2-6-10-20)23(28)25-16-15-21(27(22)25)17-7-3-1-4-8-17/h1-14,21-22H,15-16H2/t21-,22-/m1/s1. The van der Waals surface area contributed by atoms with Crippen LogP contribution >= 0.6 is 15.9 Å². The third-order valence-electron chi connectivity index (χ3n) is 5.52. The number of hydrogen-bond donors (Lipinski definition) is 0. The molecule has 0 aromatic heterocycles. The highest BCUT2D eigenvalue weighted by Gasteiger charge is 2.52. The van der Waals surface area contributed by atoms with Crippen molar-refractivity contribution in [2.45, 2.75) is 18.6 Å². The van der Waals surface area contributed by atoms with E-state index in [1.165, 1.54) is 5.56 Å². The molecule has 2 saturated heterocycles. The summed E-state index contributed by atoms with van der Waals surface area (Å²) in [6, 6.07) is 28.9. The Kier molecular flexibility index (Phi) is 4.41. The SMILES string of the molecule is O=C1N(c2ccccc2)[C@@H](c2ccc(Br)cc2)N2[C@@H](c3ccccc3)CCN12. The predicted octanol–water partition coefficient (Wildman–Crippen LogP) is 5.75. The molecule has 5 heteroatoms. The normalized spacial score (nSPS) is 22.0. The zero-order chi connectivity index (χ0) is 19.1. The van der Waals surface area contributed by atoms with E-state index in [9.17, 15) is 4.79 Å². The van der Waals surface area contributed by atoms with Crippen LogP contribution in [-0.2, 0) is 0 Å². The highest BCUT2D eigenvalue weighted by atomic mass is 79.9. The number of nitrogens with zero attached hydrogens (tertiary/aromatic N) is 3. The quantitative estimate of drug-likeness (QED) is 0.525. The Bertz CT molecular complexity index is 978. The second-order valence-corrected chi connectivity index (χ2v) is 8.05. The van der Waals surface area contributed by atoms with Crippen LogP contribution in [0.2, 0.25) is 0 Å². The van der Waals surface area contributed by atoms with E-state index in [1.807, 2.05) is 58.4 Å². The maximum absolute atomic E-state index is 13.4. The second-order valence-electron chi connectivity index (χ2n) is 7.13. The molecule has 0 unspecified atom stereocenters. The summed E-state index contributed by atoms with van der Waals surface area (Å²) < 4.78 is 1.03. The van der Waals surface area contributed by atoms with Gasteiger partial charge in [-0.2, -0.15) is 5.01 Å². The Labute approximate surface area is 173 Å². The fourth-order valence-electron chi connectivity index (χ4n) is 4.28. The minimum atomic E-state index is -0.171. The summed E-state index contributed by atoms with van der Waals surface area (Å²) in [6.45, 7) is 0.731. The average molecular weight is 434 g/mol. The minimum absolute atomic E-state index is 0.0394. The summed E-state index contributed by atoms with van der Waals surface area (Å²) in [5.41, 5.74) is 3.27. The molecule has 0 radical (unpaired) electrons. The van der Waals surface area contributed by atoms with Crippen LogP contribution in [-0.4, -0.2) is 22.6 Å². The Morgan fingerprint density at radius 3 is 2.11 bits per heavy atom. The number of benzene rings is 3. The molecule has 4 nitrogen and oxygen atoms in total. The molecule has 2 amide bonds. The Morgan fingerprint density at radius 1 is 0.786 bits per heavy atom. The van der Waals surface area contributed by atoms with E-state index >= 15 is 0 Å². The topological polar surface area (TPSA) is 26.8 Å². The van der Waals surface area contributed by atoms with Gasteiger partial charge in [-0.15, -0.1) is 0 Å². The van der Waals surface area contributed by atoms with Gasteiger partial charge >= 0.3 is 6.03 Å². The lowest BCUT2D eigenvalue weighted by Gasteiger charge is -2.32. The number of rotatable bonds is 3. The predicted molar refractivity (Wildman–Crippen MR) is 114 cm³/mol. The fraction of sp³-hybridized carbons (Fsp3) is 0.174. The van der Waals surface area contributed by atoms with E-state index in [-0.39, 0.29) is 18.2 Å². The molecule has 0 saturated carbocycles. The molecule has 0 N–H and O–H groups in total. The third kappa shape index (κ3) is 2.82. The van der Waals surface area contributed by atoms with Crippen LogP contribution in [0.25, 0.3) is 0 Å². The zero-order valence-corrected chi connectivity index (χ0v) is 16.9. The molecule has 3 aromatic carbocycles. The first kappa shape index (κ1) is 17.5. The lowest BCUT2D eigenvalue weighted by Crippen LogP contribution is -2.34. The number of carbonyl (C=O) groups is 1. The highest BCUT2D eigenvalue weighted by molar-refractivity contribution is 9.10. The maximum Gasteiger partial charge on any atom is 0.340 e. The fourth-order valence-corrected chi connectivity index (χ4v) is 4.54. The van der Waals surface area contributed by atoms with Gasteiger partial charge in [0.15, 0.2) is 0 Å². The van der Waals surface area contributed by atoms with Gasteiger partial charge in [0.05, 0.1) is 6.04 Å². The van der Waals surface area contributed by atoms with Gasteiger partial charge in [0.25, 0.3) is 0 Å². The molecule has 2 heterocycles. The van der Waals surface area contributed by atoms with Crippen molar-refractivity contribution < 1.29 is 4.79 Å². The smallest absolute Gasteiger partial charge is 0.271 e. The molecular weight excluding hydrogens is 414 g/mol. The van der Waals surface area contributed by atoms with Crippen LogP contribution in [0.3, 0.4) is 0 Å². The maximum atomic E-state index is 13.4. The number of amides is 2. The molecule has 0 spiro atoms. The number of halogens is 1. The van der Waals surface area contributed by atoms with Crippen LogP contribution in [0.1, 0.15) is 29.8 Å². The van der Waals surface area contributed by atoms with Crippen molar-refractivity contribution in [1.82, 2.24) is 10.0 Å². The van der Waals surface area contributed by atoms with Gasteiger partial charge in [0.1, 0.15) is 6.17 Å². The molecule has 2 atom stereocenters. The average Bonchev–Trinajstić information content (AvgIpc) is 3.29. The molecule has 140 valence electrons. The third-order valence-corrected chi connectivity index (χ3v) is 6.05. The zero-order valence-electron chi connectivity index (χ0n) is 15.3. The summed E-state index contributed by atoms with van der Waals surface area (Å²) in [5.74, 6) is 0. The van der Waals surface area contributed by atoms with E-state index in [4.69, 9.17) is 0 Å². The number of para-hydroxylation sites is 1. The molecule has 28 heavy (non-hydrogen) atoms. The first-order valence-electron chi connectivity index (χ1n) is 9.48. The van der Waals surface area contributed by atoms with Crippen LogP contribution in [0.4, 0.5) is 10.5 Å². The Hall–Kier alpha value is -2.63. The van der Waals surface area contributed by atoms with Gasteiger partial charge in [-0.1, -0.05) is 76.6 Å². The Balaban J connectivity index is 1.63. The van der Waals surface area contributed by atoms with Gasteiger partial charge in [0.2, 0.25) is 0 Å². The van der Waals surface area contributed by atoms with Gasteiger partial charge in [-0.25, -0.2) is 4.79 Å². The van der Waals surface area contributed by atoms with Gasteiger partial charge < -0.3 is 0 Å². The Morgan fingerprint density at radius 2 is 1.43 bits per heavy atom. The molecule has 2 aliphatic rings. The molecular formula is C23H20BrN3O. The van der Waals surface area contributed by atoms with Crippen molar-refractivity contribution in [1.29, 1.82) is 0 Å². The van der Waals surface area contributed by atoms with Crippen molar-refractivity contribution in [3.05, 3.63) is 101 Å². The molecule has 5 rings (SSSR count). The van der Waals surface area contributed by atoms with Gasteiger partial charge in [-0.3, -0.25) is 9.91 Å². The van der Waals surface area contributed by atoms with E-state index in [1.54, 1.807) is 0 Å². The first-order valence-corrected chi connectivity index (χ1v) is 10.3. The number of anilines is 1. The summed E-state index contributed by atoms with van der Waals surface area (Å²) in [6.07, 6.45) is 0.765. The summed E-state index contributed by atoms with van der Waals surface area (Å²) in [5, 5.41) is 4.17. The second kappa shape index (κ2) is 7.08. The van der Waals surface area contributed by atoms with Crippen molar-refractivity contribution in [3.8, 4) is 0 Å². The monoisotopic (exact) mass is 433 g/mol. The number of hydrogen-bond acceptors (Lipinski definition) is 2. The minimum Gasteiger partial charge on any atom is -0.271 e. The van der Waals surface area contributed by atoms with E-state index in [2.05, 4.69) is 57.3 Å². The van der Waals surface area contributed by atoms with E-state index in [0.29, 0.717) is 0 Å². The summed E-state index contributed by atoms with van der Waals surface area (Å²) >= 11 is 3.53. The molecule has 0 bridgehead atoms. The van der Waals surface area contributed by atoms with Gasteiger partial charge in [-0.05, 0) is 41.8 Å². The van der Waals surface area contributed by atoms with Crippen molar-refractivity contribution >= 4 is 27.6 Å². The molecule has 0 aliphatic carbocycles. The van der Waals surface area contributed by atoms with E-state index < -0.39 is 0 Å². The van der Waals surface area contributed by atoms with Crippen molar-refractivity contribution in [3.63, 3.8) is 0 Å². The van der Waals surface area contributed by atoms with Crippen molar-refractivity contribution in [2.75, 3.05) is 11.4 Å². The molecule has 2 aliphatic heterocycles. The molecule has 3 aromatic rings. The van der Waals surface area contributed by atoms with Crippen LogP contribution < -0.4 is 4.90 Å². The lowest BCUT2D eigenvalue weighted by atomic mass is 10.0. The van der Waals surface area contributed by atoms with Gasteiger partial charge in [0, 0.05) is 16.7 Å². The molecule has 2 fully saturated rings. The number of fused-ring (bicyclic) bond motifs is 1. The highest BCUT2D eigenvalue weighted by Crippen LogP contribution is 2.47. The van der Waals surface area contributed by atoms with Crippen LogP contribution in [0.15, 0.2) is 89.4 Å². The largest absolute Gasteiger partial charge is 0.340 e. The lowest BCUT2D eigenvalue weighted by molar-refractivity contribution is 0.0353. The summed E-state index contributed by atoms with van der Waals surface area (Å²) in [4.78, 5) is 15.3. The summed E-state index contributed by atoms with van der Waals surface area (Å²) in [7, 11) is 0. The number of carbonyl (C=O) groups excluding carboxylic acids is 1. The van der Waals surface area contributed by atoms with Crippen LogP contribution in [0.5, 0.6) is 0 Å². The van der Waals surface area contributed by atoms with Crippen LogP contribution in [0, 0.1) is 0 Å². The first-order chi connectivity index (χ1) is 13.7. The van der Waals surface area contributed by atoms with E-state index in [0.717, 1.165) is 28.7 Å². The van der Waals surface area contributed by atoms with Crippen molar-refractivity contribution in [2.24, 2.45) is 0 Å². The number of hydrazine groups is 1.